The SMILES string of the molecule is COc1ccc2c(c1)NC(=O)C(C)CS2=O. The van der Waals surface area contributed by atoms with E-state index >= 15 is 0 Å². The number of amides is 1. The van der Waals surface area contributed by atoms with Crippen LogP contribution in [0.3, 0.4) is 0 Å². The topological polar surface area (TPSA) is 55.4 Å². The van der Waals surface area contributed by atoms with Gasteiger partial charge in [-0.25, -0.2) is 0 Å². The summed E-state index contributed by atoms with van der Waals surface area (Å²) in [5, 5.41) is 2.77. The predicted molar refractivity (Wildman–Crippen MR) is 62.1 cm³/mol. The molecule has 0 aliphatic carbocycles. The number of ether oxygens (including phenoxy) is 1. The summed E-state index contributed by atoms with van der Waals surface area (Å²) in [6.07, 6.45) is 0. The van der Waals surface area contributed by atoms with E-state index in [-0.39, 0.29) is 11.8 Å². The molecular formula is C11H13NO3S. The third-order valence-corrected chi connectivity index (χ3v) is 4.19. The molecule has 1 aromatic rings. The van der Waals surface area contributed by atoms with E-state index in [1.54, 1.807) is 32.2 Å². The molecule has 1 aliphatic heterocycles. The van der Waals surface area contributed by atoms with E-state index in [1.807, 2.05) is 0 Å². The van der Waals surface area contributed by atoms with Crippen molar-refractivity contribution < 1.29 is 13.7 Å². The second kappa shape index (κ2) is 4.25. The lowest BCUT2D eigenvalue weighted by atomic mass is 10.2. The Kier molecular flexibility index (Phi) is 2.96. The molecule has 0 bridgehead atoms. The van der Waals surface area contributed by atoms with Crippen LogP contribution in [0, 0.1) is 5.92 Å². The second-order valence-corrected chi connectivity index (χ2v) is 5.23. The molecule has 0 aromatic heterocycles. The summed E-state index contributed by atoms with van der Waals surface area (Å²) in [4.78, 5) is 12.3. The van der Waals surface area contributed by atoms with Crippen molar-refractivity contribution in [2.24, 2.45) is 5.92 Å². The van der Waals surface area contributed by atoms with Crippen LogP contribution in [-0.2, 0) is 15.6 Å². The van der Waals surface area contributed by atoms with Crippen molar-refractivity contribution in [3.05, 3.63) is 18.2 Å². The Morgan fingerprint density at radius 1 is 1.50 bits per heavy atom. The molecule has 0 fully saturated rings. The Morgan fingerprint density at radius 3 is 2.94 bits per heavy atom. The number of nitrogens with one attached hydrogen (secondary N) is 1. The average Bonchev–Trinajstić information content (AvgIpc) is 2.37. The third-order valence-electron chi connectivity index (χ3n) is 2.54. The molecule has 16 heavy (non-hydrogen) atoms. The minimum Gasteiger partial charge on any atom is -0.497 e. The predicted octanol–water partition coefficient (Wildman–Crippen LogP) is 1.39. The van der Waals surface area contributed by atoms with Gasteiger partial charge in [-0.05, 0) is 12.1 Å². The fourth-order valence-corrected chi connectivity index (χ4v) is 2.94. The Morgan fingerprint density at radius 2 is 2.25 bits per heavy atom. The summed E-state index contributed by atoms with van der Waals surface area (Å²) in [6.45, 7) is 1.77. The van der Waals surface area contributed by atoms with Crippen molar-refractivity contribution in [1.29, 1.82) is 0 Å². The number of methoxy groups -OCH3 is 1. The van der Waals surface area contributed by atoms with Gasteiger partial charge >= 0.3 is 0 Å². The van der Waals surface area contributed by atoms with Gasteiger partial charge in [-0.2, -0.15) is 0 Å². The molecule has 4 nitrogen and oxygen atoms in total. The zero-order valence-corrected chi connectivity index (χ0v) is 9.97. The molecule has 0 saturated carbocycles. The number of rotatable bonds is 1. The monoisotopic (exact) mass is 239 g/mol. The third kappa shape index (κ3) is 1.95. The van der Waals surface area contributed by atoms with Crippen LogP contribution < -0.4 is 10.1 Å². The summed E-state index contributed by atoms with van der Waals surface area (Å²) >= 11 is 0. The second-order valence-electron chi connectivity index (χ2n) is 3.76. The summed E-state index contributed by atoms with van der Waals surface area (Å²) in [7, 11) is 0.423. The fraction of sp³-hybridized carbons (Fsp3) is 0.364. The first-order valence-corrected chi connectivity index (χ1v) is 6.31. The van der Waals surface area contributed by atoms with Gasteiger partial charge in [-0.1, -0.05) is 6.92 Å². The highest BCUT2D eigenvalue weighted by molar-refractivity contribution is 7.85. The molecule has 2 rings (SSSR count). The highest BCUT2D eigenvalue weighted by Crippen LogP contribution is 2.29. The molecule has 1 aliphatic rings. The van der Waals surface area contributed by atoms with E-state index in [4.69, 9.17) is 4.74 Å². The fourth-order valence-electron chi connectivity index (χ4n) is 1.58. The summed E-state index contributed by atoms with van der Waals surface area (Å²) in [6, 6.07) is 5.19. The number of carbonyl (C=O) groups excluding carboxylic acids is 1. The molecule has 5 heteroatoms. The lowest BCUT2D eigenvalue weighted by molar-refractivity contribution is -0.118. The van der Waals surface area contributed by atoms with Crippen molar-refractivity contribution in [2.75, 3.05) is 18.2 Å². The number of hydrogen-bond acceptors (Lipinski definition) is 3. The number of carbonyl (C=O) groups is 1. The summed E-state index contributed by atoms with van der Waals surface area (Å²) in [5.41, 5.74) is 0.590. The van der Waals surface area contributed by atoms with Crippen LogP contribution >= 0.6 is 0 Å². The van der Waals surface area contributed by atoms with Gasteiger partial charge in [0.15, 0.2) is 0 Å². The molecule has 2 atom stereocenters. The summed E-state index contributed by atoms with van der Waals surface area (Å²) < 4.78 is 17.0. The Balaban J connectivity index is 2.47. The van der Waals surface area contributed by atoms with Crippen LogP contribution in [0.25, 0.3) is 0 Å². The molecule has 0 spiro atoms. The average molecular weight is 239 g/mol. The summed E-state index contributed by atoms with van der Waals surface area (Å²) in [5.74, 6) is 0.677. The molecule has 1 N–H and O–H groups in total. The van der Waals surface area contributed by atoms with Gasteiger partial charge in [-0.15, -0.1) is 0 Å². The first-order valence-electron chi connectivity index (χ1n) is 4.99. The maximum atomic E-state index is 11.9. The minimum atomic E-state index is -1.13. The maximum Gasteiger partial charge on any atom is 0.228 e. The number of fused-ring (bicyclic) bond motifs is 1. The Hall–Kier alpha value is -1.36. The minimum absolute atomic E-state index is 0.0969. The maximum absolute atomic E-state index is 11.9. The molecule has 2 unspecified atom stereocenters. The van der Waals surface area contributed by atoms with Gasteiger partial charge in [0.25, 0.3) is 0 Å². The Bertz CT molecular complexity index is 459. The molecule has 0 radical (unpaired) electrons. The van der Waals surface area contributed by atoms with Crippen LogP contribution in [-0.4, -0.2) is 23.0 Å². The van der Waals surface area contributed by atoms with Gasteiger partial charge in [0.05, 0.1) is 28.5 Å². The van der Waals surface area contributed by atoms with Gasteiger partial charge in [-0.3, -0.25) is 9.00 Å². The van der Waals surface area contributed by atoms with Crippen molar-refractivity contribution >= 4 is 22.4 Å². The van der Waals surface area contributed by atoms with E-state index in [9.17, 15) is 9.00 Å². The highest BCUT2D eigenvalue weighted by Gasteiger charge is 2.24. The molecule has 1 aromatic carbocycles. The van der Waals surface area contributed by atoms with Crippen LogP contribution in [0.4, 0.5) is 5.69 Å². The molecule has 86 valence electrons. The van der Waals surface area contributed by atoms with E-state index in [1.165, 1.54) is 0 Å². The van der Waals surface area contributed by atoms with E-state index in [2.05, 4.69) is 5.32 Å². The van der Waals surface area contributed by atoms with Crippen LogP contribution in [0.1, 0.15) is 6.92 Å². The van der Waals surface area contributed by atoms with E-state index in [0.29, 0.717) is 22.1 Å². The van der Waals surface area contributed by atoms with Crippen LogP contribution in [0.5, 0.6) is 5.75 Å². The largest absolute Gasteiger partial charge is 0.497 e. The van der Waals surface area contributed by atoms with Crippen LogP contribution in [0.15, 0.2) is 23.1 Å². The highest BCUT2D eigenvalue weighted by atomic mass is 32.2. The molecule has 1 amide bonds. The van der Waals surface area contributed by atoms with Crippen molar-refractivity contribution in [3.63, 3.8) is 0 Å². The van der Waals surface area contributed by atoms with Gasteiger partial charge in [0.1, 0.15) is 5.75 Å². The van der Waals surface area contributed by atoms with Crippen molar-refractivity contribution in [1.82, 2.24) is 0 Å². The molecule has 0 saturated heterocycles. The molecule has 1 heterocycles. The van der Waals surface area contributed by atoms with Gasteiger partial charge < -0.3 is 10.1 Å². The zero-order chi connectivity index (χ0) is 11.7. The molecular weight excluding hydrogens is 226 g/mol. The number of anilines is 1. The van der Waals surface area contributed by atoms with E-state index < -0.39 is 10.8 Å². The smallest absolute Gasteiger partial charge is 0.228 e. The van der Waals surface area contributed by atoms with Crippen LogP contribution in [0.2, 0.25) is 0 Å². The van der Waals surface area contributed by atoms with Crippen molar-refractivity contribution in [2.45, 2.75) is 11.8 Å². The van der Waals surface area contributed by atoms with E-state index in [0.717, 1.165) is 0 Å². The standard InChI is InChI=1S/C11H13NO3S/c1-7-6-16(14)10-4-3-8(15-2)5-9(10)12-11(7)13/h3-5,7H,6H2,1-2H3,(H,12,13). The van der Waals surface area contributed by atoms with Crippen molar-refractivity contribution in [3.8, 4) is 5.75 Å². The number of benzene rings is 1. The van der Waals surface area contributed by atoms with Gasteiger partial charge in [0.2, 0.25) is 5.91 Å². The zero-order valence-electron chi connectivity index (χ0n) is 9.15. The first kappa shape index (κ1) is 11.1. The first-order chi connectivity index (χ1) is 7.61. The lowest BCUT2D eigenvalue weighted by Gasteiger charge is -2.08. The lowest BCUT2D eigenvalue weighted by Crippen LogP contribution is -2.21. The normalized spacial score (nSPS) is 24.2. The number of hydrogen-bond donors (Lipinski definition) is 1. The van der Waals surface area contributed by atoms with Gasteiger partial charge in [0, 0.05) is 17.7 Å². The quantitative estimate of drug-likeness (QED) is 0.805. The Labute approximate surface area is 96.4 Å².